The maximum Gasteiger partial charge on any atom is 0.333 e. The van der Waals surface area contributed by atoms with Crippen molar-refractivity contribution >= 4 is 16.7 Å². The third-order valence-corrected chi connectivity index (χ3v) is 5.12. The van der Waals surface area contributed by atoms with Crippen molar-refractivity contribution < 1.29 is 19.4 Å². The van der Waals surface area contributed by atoms with Crippen LogP contribution in [0.5, 0.6) is 5.75 Å². The van der Waals surface area contributed by atoms with E-state index in [4.69, 9.17) is 14.6 Å². The van der Waals surface area contributed by atoms with Crippen LogP contribution in [-0.2, 0) is 22.4 Å². The van der Waals surface area contributed by atoms with Crippen molar-refractivity contribution in [1.29, 1.82) is 0 Å². The number of carboxylic acids is 1. The van der Waals surface area contributed by atoms with Crippen LogP contribution in [0, 0.1) is 0 Å². The number of aromatic amines is 1. The van der Waals surface area contributed by atoms with E-state index in [-0.39, 0.29) is 0 Å². The van der Waals surface area contributed by atoms with Crippen LogP contribution in [0.1, 0.15) is 11.1 Å². The lowest BCUT2D eigenvalue weighted by Gasteiger charge is -2.11. The number of aliphatic carboxylic acids is 1. The highest BCUT2D eigenvalue weighted by atomic mass is 16.5. The molecule has 1 aromatic carbocycles. The molecule has 2 aliphatic rings. The van der Waals surface area contributed by atoms with E-state index in [1.807, 2.05) is 55.0 Å². The summed E-state index contributed by atoms with van der Waals surface area (Å²) in [6.45, 7) is 0.529. The molecular formula is C23H22N2O4. The minimum absolute atomic E-state index is 0.320. The van der Waals surface area contributed by atoms with Gasteiger partial charge in [-0.05, 0) is 40.8 Å². The monoisotopic (exact) mass is 390 g/mol. The molecule has 1 atom stereocenters. The first kappa shape index (κ1) is 19.0. The van der Waals surface area contributed by atoms with Crippen molar-refractivity contribution in [1.82, 2.24) is 9.97 Å². The number of hydrogen-bond acceptors (Lipinski definition) is 4. The summed E-state index contributed by atoms with van der Waals surface area (Å²) in [5, 5.41) is 11.4. The molecule has 6 nitrogen and oxygen atoms in total. The fourth-order valence-electron chi connectivity index (χ4n) is 3.65. The Labute approximate surface area is 168 Å². The van der Waals surface area contributed by atoms with Gasteiger partial charge in [-0.25, -0.2) is 4.79 Å². The maximum absolute atomic E-state index is 11.1. The number of fused-ring (bicyclic) bond motifs is 3. The molecule has 1 aliphatic carbocycles. The Morgan fingerprint density at radius 2 is 2.00 bits per heavy atom. The fraction of sp³-hybridized carbons (Fsp3) is 0.217. The van der Waals surface area contributed by atoms with Gasteiger partial charge in [0.25, 0.3) is 0 Å². The van der Waals surface area contributed by atoms with Crippen molar-refractivity contribution in [3.8, 4) is 17.0 Å². The summed E-state index contributed by atoms with van der Waals surface area (Å²) >= 11 is 0. The lowest BCUT2D eigenvalue weighted by molar-refractivity contribution is -0.148. The number of hydrogen-bond donors (Lipinski definition) is 2. The molecule has 1 unspecified atom stereocenters. The first-order chi connectivity index (χ1) is 14.2. The summed E-state index contributed by atoms with van der Waals surface area (Å²) in [5.41, 5.74) is 4.40. The van der Waals surface area contributed by atoms with E-state index in [0.717, 1.165) is 28.8 Å². The summed E-state index contributed by atoms with van der Waals surface area (Å²) in [7, 11) is 1.40. The van der Waals surface area contributed by atoms with Crippen LogP contribution < -0.4 is 4.74 Å². The summed E-state index contributed by atoms with van der Waals surface area (Å²) in [4.78, 5) is 18.7. The number of carbonyl (C=O) groups is 1. The molecule has 2 N–H and O–H groups in total. The van der Waals surface area contributed by atoms with Crippen molar-refractivity contribution in [3.05, 3.63) is 72.2 Å². The Morgan fingerprint density at radius 1 is 1.17 bits per heavy atom. The standard InChI is InChI=1S/C23H22N2O4/c1-28-21(23(26)27)13-15-4-6-16(7-5-15)29-12-9-19-20-14-24-11-8-17(20)18-3-2-10-25-22(18)19/h2-8,10-11,14,21,25H,9,12-13H2,1H3,(H,26,27). The van der Waals surface area contributed by atoms with Gasteiger partial charge in [0.1, 0.15) is 5.75 Å². The molecule has 6 heteroatoms. The molecular weight excluding hydrogens is 368 g/mol. The molecule has 0 radical (unpaired) electrons. The van der Waals surface area contributed by atoms with E-state index >= 15 is 0 Å². The fourth-order valence-corrected chi connectivity index (χ4v) is 3.65. The molecule has 0 saturated carbocycles. The third-order valence-electron chi connectivity index (χ3n) is 5.12. The molecule has 0 bridgehead atoms. The molecule has 0 spiro atoms. The van der Waals surface area contributed by atoms with Gasteiger partial charge in [0.2, 0.25) is 0 Å². The molecule has 0 amide bonds. The van der Waals surface area contributed by atoms with Crippen molar-refractivity contribution in [2.24, 2.45) is 0 Å². The highest BCUT2D eigenvalue weighted by molar-refractivity contribution is 6.04. The highest BCUT2D eigenvalue weighted by Crippen LogP contribution is 2.37. The number of nitrogens with zero attached hydrogens (tertiary/aromatic N) is 1. The second kappa shape index (κ2) is 8.32. The summed E-state index contributed by atoms with van der Waals surface area (Å²) in [5.74, 6) is -0.214. The van der Waals surface area contributed by atoms with Gasteiger partial charge in [0.05, 0.1) is 6.61 Å². The molecule has 29 heavy (non-hydrogen) atoms. The van der Waals surface area contributed by atoms with Crippen LogP contribution in [0.25, 0.3) is 22.0 Å². The minimum Gasteiger partial charge on any atom is -0.493 e. The second-order valence-corrected chi connectivity index (χ2v) is 6.87. The maximum atomic E-state index is 11.1. The number of methoxy groups -OCH3 is 1. The lowest BCUT2D eigenvalue weighted by atomic mass is 10.1. The van der Waals surface area contributed by atoms with Gasteiger partial charge in [0.15, 0.2) is 6.10 Å². The van der Waals surface area contributed by atoms with Crippen molar-refractivity contribution in [3.63, 3.8) is 0 Å². The SMILES string of the molecule is COC(Cc1ccc(OCCc2c3[nH]cccc-3c3ccncc23)cc1)C(=O)O. The smallest absolute Gasteiger partial charge is 0.333 e. The predicted octanol–water partition coefficient (Wildman–Crippen LogP) is 3.93. The Kier molecular flexibility index (Phi) is 5.44. The number of rotatable bonds is 8. The number of benzene rings is 1. The van der Waals surface area contributed by atoms with Gasteiger partial charge in [-0.15, -0.1) is 0 Å². The first-order valence-electron chi connectivity index (χ1n) is 9.46. The zero-order valence-corrected chi connectivity index (χ0v) is 16.1. The van der Waals surface area contributed by atoms with E-state index in [1.165, 1.54) is 23.6 Å². The van der Waals surface area contributed by atoms with Crippen molar-refractivity contribution in [2.45, 2.75) is 18.9 Å². The largest absolute Gasteiger partial charge is 0.493 e. The van der Waals surface area contributed by atoms with Crippen LogP contribution in [0.2, 0.25) is 0 Å². The number of ether oxygens (including phenoxy) is 2. The van der Waals surface area contributed by atoms with E-state index in [2.05, 4.69) is 16.0 Å². The zero-order chi connectivity index (χ0) is 20.2. The summed E-state index contributed by atoms with van der Waals surface area (Å²) in [6.07, 6.45) is 5.88. The predicted molar refractivity (Wildman–Crippen MR) is 110 cm³/mol. The first-order valence-corrected chi connectivity index (χ1v) is 9.46. The zero-order valence-electron chi connectivity index (χ0n) is 16.1. The Bertz CT molecular complexity index is 1090. The number of aromatic nitrogens is 2. The minimum atomic E-state index is -0.965. The lowest BCUT2D eigenvalue weighted by Crippen LogP contribution is -2.24. The molecule has 0 saturated heterocycles. The van der Waals surface area contributed by atoms with Crippen molar-refractivity contribution in [2.75, 3.05) is 13.7 Å². The van der Waals surface area contributed by atoms with Gasteiger partial charge >= 0.3 is 5.97 Å². The molecule has 4 rings (SSSR count). The van der Waals surface area contributed by atoms with Gasteiger partial charge in [-0.3, -0.25) is 4.98 Å². The quantitative estimate of drug-likeness (QED) is 0.476. The van der Waals surface area contributed by atoms with Crippen LogP contribution in [0.15, 0.2) is 61.1 Å². The number of carboxylic acid groups (broad SMARTS) is 1. The van der Waals surface area contributed by atoms with Crippen LogP contribution in [-0.4, -0.2) is 40.9 Å². The Balaban J connectivity index is 1.44. The highest BCUT2D eigenvalue weighted by Gasteiger charge is 2.18. The molecule has 1 aliphatic heterocycles. The van der Waals surface area contributed by atoms with E-state index < -0.39 is 12.1 Å². The number of pyridine rings is 2. The normalized spacial score (nSPS) is 12.3. The Hall–Kier alpha value is -3.38. The van der Waals surface area contributed by atoms with Crippen LogP contribution in [0.4, 0.5) is 0 Å². The van der Waals surface area contributed by atoms with Gasteiger partial charge in [-0.1, -0.05) is 18.2 Å². The van der Waals surface area contributed by atoms with Crippen LogP contribution in [0.3, 0.4) is 0 Å². The summed E-state index contributed by atoms with van der Waals surface area (Å²) in [6, 6.07) is 13.6. The number of nitrogens with one attached hydrogen (secondary N) is 1. The molecule has 2 aromatic rings. The molecule has 2 heterocycles. The second-order valence-electron chi connectivity index (χ2n) is 6.87. The average molecular weight is 390 g/mol. The summed E-state index contributed by atoms with van der Waals surface area (Å²) < 4.78 is 10.9. The average Bonchev–Trinajstić information content (AvgIpc) is 3.07. The number of H-pyrrole nitrogens is 1. The van der Waals surface area contributed by atoms with E-state index in [9.17, 15) is 4.79 Å². The van der Waals surface area contributed by atoms with Gasteiger partial charge in [-0.2, -0.15) is 0 Å². The Morgan fingerprint density at radius 3 is 2.76 bits per heavy atom. The van der Waals surface area contributed by atoms with Gasteiger partial charge in [0, 0.05) is 55.2 Å². The third kappa shape index (κ3) is 3.93. The van der Waals surface area contributed by atoms with E-state index in [0.29, 0.717) is 13.0 Å². The molecule has 0 fully saturated rings. The topological polar surface area (TPSA) is 84.4 Å². The van der Waals surface area contributed by atoms with Crippen LogP contribution >= 0.6 is 0 Å². The molecule has 148 valence electrons. The molecule has 1 aromatic heterocycles. The van der Waals surface area contributed by atoms with E-state index in [1.54, 1.807) is 0 Å². The van der Waals surface area contributed by atoms with Gasteiger partial charge < -0.3 is 19.6 Å².